The molecule has 8 heteroatoms. The first kappa shape index (κ1) is 21.5. The molecule has 0 fully saturated rings. The lowest BCUT2D eigenvalue weighted by atomic mass is 10.3. The molecule has 1 aromatic heterocycles. The standard InChI is InChI=1S/C19H26ClN3O3S/c1-3-21-19(22-13-16(24)17-8-9-18(20)27-17)23-14-6-4-7-15(12-14)26-11-5-10-25-2/h4,6-9,12,16,24H,3,5,10-11,13H2,1-2H3,(H2,21,22,23). The van der Waals surface area contributed by atoms with Crippen molar-refractivity contribution < 1.29 is 14.6 Å². The third-order valence-corrected chi connectivity index (χ3v) is 4.88. The molecule has 27 heavy (non-hydrogen) atoms. The van der Waals surface area contributed by atoms with Gasteiger partial charge in [0, 0.05) is 43.3 Å². The van der Waals surface area contributed by atoms with Gasteiger partial charge in [-0.15, -0.1) is 11.3 Å². The van der Waals surface area contributed by atoms with Crippen LogP contribution < -0.4 is 15.4 Å². The Bertz CT molecular complexity index is 724. The number of halogens is 1. The van der Waals surface area contributed by atoms with Gasteiger partial charge < -0.3 is 25.2 Å². The van der Waals surface area contributed by atoms with E-state index < -0.39 is 6.10 Å². The van der Waals surface area contributed by atoms with E-state index in [0.29, 0.717) is 30.1 Å². The van der Waals surface area contributed by atoms with Gasteiger partial charge in [-0.1, -0.05) is 17.7 Å². The lowest BCUT2D eigenvalue weighted by molar-refractivity contribution is 0.172. The van der Waals surface area contributed by atoms with Crippen LogP contribution in [0.4, 0.5) is 5.69 Å². The molecule has 0 aliphatic heterocycles. The number of guanidine groups is 1. The summed E-state index contributed by atoms with van der Waals surface area (Å²) >= 11 is 7.28. The van der Waals surface area contributed by atoms with Crippen molar-refractivity contribution in [2.75, 3.05) is 38.7 Å². The average Bonchev–Trinajstić information content (AvgIpc) is 3.10. The number of nitrogens with zero attached hydrogens (tertiary/aromatic N) is 1. The molecule has 1 unspecified atom stereocenters. The molecule has 0 saturated heterocycles. The molecule has 148 valence electrons. The highest BCUT2D eigenvalue weighted by Gasteiger charge is 2.10. The summed E-state index contributed by atoms with van der Waals surface area (Å²) in [5.41, 5.74) is 0.854. The molecule has 1 atom stereocenters. The van der Waals surface area contributed by atoms with Crippen LogP contribution in [0.2, 0.25) is 4.34 Å². The van der Waals surface area contributed by atoms with Crippen molar-refractivity contribution in [2.24, 2.45) is 4.99 Å². The summed E-state index contributed by atoms with van der Waals surface area (Å²) in [4.78, 5) is 5.26. The Morgan fingerprint density at radius 3 is 2.85 bits per heavy atom. The maximum absolute atomic E-state index is 10.3. The van der Waals surface area contributed by atoms with Crippen LogP contribution >= 0.6 is 22.9 Å². The van der Waals surface area contributed by atoms with E-state index in [-0.39, 0.29) is 6.54 Å². The van der Waals surface area contributed by atoms with E-state index in [9.17, 15) is 5.11 Å². The van der Waals surface area contributed by atoms with Crippen molar-refractivity contribution >= 4 is 34.6 Å². The van der Waals surface area contributed by atoms with Gasteiger partial charge in [0.2, 0.25) is 0 Å². The van der Waals surface area contributed by atoms with Gasteiger partial charge >= 0.3 is 0 Å². The number of aliphatic hydroxyl groups excluding tert-OH is 1. The molecule has 6 nitrogen and oxygen atoms in total. The number of aliphatic hydroxyl groups is 1. The summed E-state index contributed by atoms with van der Waals surface area (Å²) < 4.78 is 11.4. The van der Waals surface area contributed by atoms with Crippen molar-refractivity contribution in [3.8, 4) is 5.75 Å². The van der Waals surface area contributed by atoms with E-state index in [1.165, 1.54) is 11.3 Å². The third-order valence-electron chi connectivity index (χ3n) is 3.55. The van der Waals surface area contributed by atoms with E-state index in [4.69, 9.17) is 21.1 Å². The molecular formula is C19H26ClN3O3S. The molecule has 3 N–H and O–H groups in total. The van der Waals surface area contributed by atoms with Crippen LogP contribution in [0.15, 0.2) is 41.4 Å². The maximum atomic E-state index is 10.3. The number of benzene rings is 1. The molecule has 1 heterocycles. The largest absolute Gasteiger partial charge is 0.493 e. The zero-order valence-electron chi connectivity index (χ0n) is 15.6. The van der Waals surface area contributed by atoms with Crippen LogP contribution in [0.25, 0.3) is 0 Å². The van der Waals surface area contributed by atoms with Gasteiger partial charge in [0.1, 0.15) is 11.9 Å². The fourth-order valence-corrected chi connectivity index (χ4v) is 3.31. The summed E-state index contributed by atoms with van der Waals surface area (Å²) in [6.45, 7) is 4.20. The maximum Gasteiger partial charge on any atom is 0.195 e. The zero-order chi connectivity index (χ0) is 19.5. The van der Waals surface area contributed by atoms with Crippen LogP contribution in [-0.2, 0) is 4.74 Å². The van der Waals surface area contributed by atoms with Gasteiger partial charge in [-0.25, -0.2) is 4.99 Å². The SMILES string of the molecule is CCNC(=NCC(O)c1ccc(Cl)s1)Nc1cccc(OCCCOC)c1. The summed E-state index contributed by atoms with van der Waals surface area (Å²) in [5, 5.41) is 16.7. The smallest absolute Gasteiger partial charge is 0.195 e. The first-order valence-electron chi connectivity index (χ1n) is 8.82. The first-order chi connectivity index (χ1) is 13.1. The second-order valence-electron chi connectivity index (χ2n) is 5.72. The quantitative estimate of drug-likeness (QED) is 0.314. The molecule has 0 spiro atoms. The Hall–Kier alpha value is -1.80. The molecular weight excluding hydrogens is 386 g/mol. The third kappa shape index (κ3) is 7.76. The highest BCUT2D eigenvalue weighted by atomic mass is 35.5. The van der Waals surface area contributed by atoms with Gasteiger partial charge in [0.25, 0.3) is 0 Å². The fourth-order valence-electron chi connectivity index (χ4n) is 2.28. The molecule has 0 aliphatic carbocycles. The van der Waals surface area contributed by atoms with Crippen LogP contribution in [0.5, 0.6) is 5.75 Å². The van der Waals surface area contributed by atoms with Gasteiger partial charge in [-0.2, -0.15) is 0 Å². The Kier molecular flexibility index (Phi) is 9.41. The monoisotopic (exact) mass is 411 g/mol. The van der Waals surface area contributed by atoms with Crippen molar-refractivity contribution in [2.45, 2.75) is 19.4 Å². The van der Waals surface area contributed by atoms with Crippen LogP contribution in [-0.4, -0.2) is 44.5 Å². The lowest BCUT2D eigenvalue weighted by Crippen LogP contribution is -2.31. The Morgan fingerprint density at radius 1 is 1.30 bits per heavy atom. The predicted molar refractivity (Wildman–Crippen MR) is 112 cm³/mol. The Morgan fingerprint density at radius 2 is 2.15 bits per heavy atom. The summed E-state index contributed by atoms with van der Waals surface area (Å²) in [6, 6.07) is 11.3. The molecule has 0 amide bonds. The zero-order valence-corrected chi connectivity index (χ0v) is 17.1. The van der Waals surface area contributed by atoms with E-state index >= 15 is 0 Å². The van der Waals surface area contributed by atoms with Crippen LogP contribution in [0.1, 0.15) is 24.3 Å². The van der Waals surface area contributed by atoms with E-state index in [2.05, 4.69) is 15.6 Å². The van der Waals surface area contributed by atoms with Gasteiger partial charge in [-0.05, 0) is 31.2 Å². The molecule has 0 radical (unpaired) electrons. The van der Waals surface area contributed by atoms with E-state index in [0.717, 1.165) is 22.7 Å². The summed E-state index contributed by atoms with van der Waals surface area (Å²) in [6.07, 6.45) is 0.150. The van der Waals surface area contributed by atoms with E-state index in [1.807, 2.05) is 37.3 Å². The lowest BCUT2D eigenvalue weighted by Gasteiger charge is -2.14. The minimum atomic E-state index is -0.687. The van der Waals surface area contributed by atoms with Crippen molar-refractivity contribution in [1.29, 1.82) is 0 Å². The van der Waals surface area contributed by atoms with Crippen molar-refractivity contribution in [1.82, 2.24) is 5.32 Å². The van der Waals surface area contributed by atoms with Gasteiger partial charge in [0.05, 0.1) is 17.5 Å². The van der Waals surface area contributed by atoms with E-state index in [1.54, 1.807) is 13.2 Å². The topological polar surface area (TPSA) is 75.1 Å². The molecule has 0 saturated carbocycles. The first-order valence-corrected chi connectivity index (χ1v) is 10.0. The molecule has 1 aromatic carbocycles. The minimum absolute atomic E-state index is 0.236. The number of hydrogen-bond donors (Lipinski definition) is 3. The number of anilines is 1. The van der Waals surface area contributed by atoms with Crippen molar-refractivity contribution in [3.05, 3.63) is 45.6 Å². The minimum Gasteiger partial charge on any atom is -0.493 e. The predicted octanol–water partition coefficient (Wildman–Crippen LogP) is 3.93. The number of aliphatic imine (C=N–C) groups is 1. The summed E-state index contributed by atoms with van der Waals surface area (Å²) in [7, 11) is 1.68. The highest BCUT2D eigenvalue weighted by molar-refractivity contribution is 7.16. The number of methoxy groups -OCH3 is 1. The van der Waals surface area contributed by atoms with Crippen molar-refractivity contribution in [3.63, 3.8) is 0 Å². The number of ether oxygens (including phenoxy) is 2. The molecule has 2 aromatic rings. The second kappa shape index (κ2) is 11.8. The van der Waals surface area contributed by atoms with Gasteiger partial charge in [0.15, 0.2) is 5.96 Å². The number of rotatable bonds is 10. The Labute approximate surface area is 169 Å². The van der Waals surface area contributed by atoms with Crippen LogP contribution in [0, 0.1) is 0 Å². The number of nitrogens with one attached hydrogen (secondary N) is 2. The fraction of sp³-hybridized carbons (Fsp3) is 0.421. The number of hydrogen-bond acceptors (Lipinski definition) is 5. The second-order valence-corrected chi connectivity index (χ2v) is 7.47. The average molecular weight is 412 g/mol. The highest BCUT2D eigenvalue weighted by Crippen LogP contribution is 2.27. The number of thiophene rings is 1. The molecule has 0 bridgehead atoms. The van der Waals surface area contributed by atoms with Gasteiger partial charge in [-0.3, -0.25) is 0 Å². The normalized spacial score (nSPS) is 12.7. The molecule has 0 aliphatic rings. The van der Waals surface area contributed by atoms with Crippen LogP contribution in [0.3, 0.4) is 0 Å². The molecule has 2 rings (SSSR count). The summed E-state index contributed by atoms with van der Waals surface area (Å²) in [5.74, 6) is 1.37. The Balaban J connectivity index is 1.96.